The molecule has 0 bridgehead atoms. The zero-order valence-corrected chi connectivity index (χ0v) is 16.0. The summed E-state index contributed by atoms with van der Waals surface area (Å²) in [5.41, 5.74) is 1.91. The Morgan fingerprint density at radius 2 is 1.81 bits per heavy atom. The number of methoxy groups -OCH3 is 1. The molecule has 0 radical (unpaired) electrons. The van der Waals surface area contributed by atoms with E-state index >= 15 is 0 Å². The maximum Gasteiger partial charge on any atom is 0.325 e. The fourth-order valence-corrected chi connectivity index (χ4v) is 3.69. The number of hydrogen-bond acceptors (Lipinski definition) is 6. The number of amides is 2. The normalized spacial score (nSPS) is 10.4. The van der Waals surface area contributed by atoms with Crippen molar-refractivity contribution in [3.63, 3.8) is 0 Å². The molecule has 0 atom stereocenters. The highest BCUT2D eigenvalue weighted by atomic mass is 32.2. The fraction of sp³-hybridized carbons (Fsp3) is 0.167. The number of nitrogens with zero attached hydrogens (tertiary/aromatic N) is 2. The summed E-state index contributed by atoms with van der Waals surface area (Å²) in [6, 6.07) is 15.1. The minimum atomic E-state index is -0.357. The first kappa shape index (κ1) is 18.2. The van der Waals surface area contributed by atoms with Gasteiger partial charge in [-0.1, -0.05) is 29.0 Å². The molecular weight excluding hydrogens is 368 g/mol. The smallest absolute Gasteiger partial charge is 0.325 e. The molecule has 0 saturated carbocycles. The van der Waals surface area contributed by atoms with Crippen LogP contribution >= 0.6 is 23.1 Å². The predicted octanol–water partition coefficient (Wildman–Crippen LogP) is 4.79. The Hall–Kier alpha value is -2.58. The monoisotopic (exact) mass is 386 g/mol. The SMILES string of the molecule is COc1ccc(NC(=O)Nc2nnc(CSc3ccc(C)cc3)s2)cc1. The molecule has 1 heterocycles. The number of rotatable bonds is 6. The van der Waals surface area contributed by atoms with Crippen LogP contribution in [0.15, 0.2) is 53.4 Å². The second-order valence-electron chi connectivity index (χ2n) is 5.41. The van der Waals surface area contributed by atoms with E-state index in [1.165, 1.54) is 21.8 Å². The molecular formula is C18H18N4O2S2. The standard InChI is InChI=1S/C18H18N4O2S2/c1-12-3-9-15(10-4-12)25-11-16-21-22-18(26-16)20-17(23)19-13-5-7-14(24-2)8-6-13/h3-10H,11H2,1-2H3,(H2,19,20,22,23). The van der Waals surface area contributed by atoms with E-state index < -0.39 is 0 Å². The van der Waals surface area contributed by atoms with Gasteiger partial charge < -0.3 is 10.1 Å². The van der Waals surface area contributed by atoms with E-state index in [1.807, 2.05) is 0 Å². The van der Waals surface area contributed by atoms with Crippen LogP contribution in [0.25, 0.3) is 0 Å². The number of aryl methyl sites for hydroxylation is 1. The molecule has 134 valence electrons. The Kier molecular flexibility index (Phi) is 6.08. The molecule has 6 nitrogen and oxygen atoms in total. The van der Waals surface area contributed by atoms with Gasteiger partial charge in [-0.15, -0.1) is 22.0 Å². The maximum absolute atomic E-state index is 12.0. The number of nitrogens with one attached hydrogen (secondary N) is 2. The third-order valence-corrected chi connectivity index (χ3v) is 5.46. The van der Waals surface area contributed by atoms with Gasteiger partial charge in [0.15, 0.2) is 0 Å². The van der Waals surface area contributed by atoms with Crippen molar-refractivity contribution < 1.29 is 9.53 Å². The van der Waals surface area contributed by atoms with E-state index in [0.29, 0.717) is 16.6 Å². The third kappa shape index (κ3) is 5.21. The molecule has 3 aromatic rings. The number of thioether (sulfide) groups is 1. The summed E-state index contributed by atoms with van der Waals surface area (Å²) >= 11 is 3.05. The molecule has 0 fully saturated rings. The van der Waals surface area contributed by atoms with Crippen molar-refractivity contribution in [2.45, 2.75) is 17.6 Å². The average Bonchev–Trinajstić information content (AvgIpc) is 3.09. The van der Waals surface area contributed by atoms with E-state index in [2.05, 4.69) is 52.0 Å². The third-order valence-electron chi connectivity index (χ3n) is 3.42. The number of urea groups is 1. The molecule has 0 aliphatic rings. The molecule has 8 heteroatoms. The lowest BCUT2D eigenvalue weighted by Crippen LogP contribution is -2.19. The minimum absolute atomic E-state index is 0.357. The van der Waals surface area contributed by atoms with Crippen LogP contribution in [-0.4, -0.2) is 23.3 Å². The van der Waals surface area contributed by atoms with Crippen molar-refractivity contribution in [1.29, 1.82) is 0 Å². The van der Waals surface area contributed by atoms with Crippen LogP contribution in [0.3, 0.4) is 0 Å². The van der Waals surface area contributed by atoms with Gasteiger partial charge in [0.2, 0.25) is 5.13 Å². The van der Waals surface area contributed by atoms with Crippen molar-refractivity contribution in [2.75, 3.05) is 17.7 Å². The first-order valence-corrected chi connectivity index (χ1v) is 9.66. The van der Waals surface area contributed by atoms with Crippen LogP contribution in [0, 0.1) is 6.92 Å². The highest BCUT2D eigenvalue weighted by Gasteiger charge is 2.09. The molecule has 0 saturated heterocycles. The Labute approximate surface area is 160 Å². The number of anilines is 2. The molecule has 0 unspecified atom stereocenters. The molecule has 0 aliphatic carbocycles. The van der Waals surface area contributed by atoms with Crippen LogP contribution in [0.5, 0.6) is 5.75 Å². The molecule has 26 heavy (non-hydrogen) atoms. The Morgan fingerprint density at radius 3 is 2.50 bits per heavy atom. The van der Waals surface area contributed by atoms with Crippen LogP contribution in [-0.2, 0) is 5.75 Å². The van der Waals surface area contributed by atoms with E-state index in [9.17, 15) is 4.79 Å². The summed E-state index contributed by atoms with van der Waals surface area (Å²) in [4.78, 5) is 13.2. The van der Waals surface area contributed by atoms with Crippen molar-refractivity contribution in [3.8, 4) is 5.75 Å². The molecule has 2 amide bonds. The number of benzene rings is 2. The second kappa shape index (κ2) is 8.68. The Bertz CT molecular complexity index is 864. The van der Waals surface area contributed by atoms with Gasteiger partial charge in [-0.3, -0.25) is 5.32 Å². The number of hydrogen-bond donors (Lipinski definition) is 2. The van der Waals surface area contributed by atoms with Gasteiger partial charge in [-0.2, -0.15) is 0 Å². The summed E-state index contributed by atoms with van der Waals surface area (Å²) in [6.45, 7) is 2.06. The van der Waals surface area contributed by atoms with Gasteiger partial charge in [0.1, 0.15) is 10.8 Å². The van der Waals surface area contributed by atoms with Gasteiger partial charge in [-0.25, -0.2) is 4.79 Å². The van der Waals surface area contributed by atoms with Crippen LogP contribution in [0.1, 0.15) is 10.6 Å². The summed E-state index contributed by atoms with van der Waals surface area (Å²) in [7, 11) is 1.60. The number of ether oxygens (including phenoxy) is 1. The van der Waals surface area contributed by atoms with Crippen molar-refractivity contribution in [2.24, 2.45) is 0 Å². The van der Waals surface area contributed by atoms with E-state index in [4.69, 9.17) is 4.74 Å². The summed E-state index contributed by atoms with van der Waals surface area (Å²) < 4.78 is 5.09. The molecule has 3 rings (SSSR count). The van der Waals surface area contributed by atoms with Gasteiger partial charge >= 0.3 is 6.03 Å². The first-order valence-electron chi connectivity index (χ1n) is 7.86. The fourth-order valence-electron chi connectivity index (χ4n) is 2.08. The lowest BCUT2D eigenvalue weighted by molar-refractivity contribution is 0.262. The van der Waals surface area contributed by atoms with Crippen molar-refractivity contribution >= 4 is 39.9 Å². The van der Waals surface area contributed by atoms with Crippen LogP contribution < -0.4 is 15.4 Å². The highest BCUT2D eigenvalue weighted by molar-refractivity contribution is 7.98. The van der Waals surface area contributed by atoms with Gasteiger partial charge in [0.05, 0.1) is 12.9 Å². The van der Waals surface area contributed by atoms with Gasteiger partial charge in [-0.05, 0) is 43.3 Å². The topological polar surface area (TPSA) is 76.1 Å². The predicted molar refractivity (Wildman–Crippen MR) is 106 cm³/mol. The average molecular weight is 387 g/mol. The Morgan fingerprint density at radius 1 is 1.08 bits per heavy atom. The zero-order valence-electron chi connectivity index (χ0n) is 14.4. The Balaban J connectivity index is 1.50. The maximum atomic E-state index is 12.0. The van der Waals surface area contributed by atoms with Crippen molar-refractivity contribution in [3.05, 3.63) is 59.1 Å². The van der Waals surface area contributed by atoms with E-state index in [-0.39, 0.29) is 6.03 Å². The van der Waals surface area contributed by atoms with Gasteiger partial charge in [0.25, 0.3) is 0 Å². The highest BCUT2D eigenvalue weighted by Crippen LogP contribution is 2.26. The van der Waals surface area contributed by atoms with Gasteiger partial charge in [0, 0.05) is 10.6 Å². The number of carbonyl (C=O) groups excluding carboxylic acids is 1. The summed E-state index contributed by atoms with van der Waals surface area (Å²) in [6.07, 6.45) is 0. The number of carbonyl (C=O) groups is 1. The van der Waals surface area contributed by atoms with Crippen LogP contribution in [0.2, 0.25) is 0 Å². The lowest BCUT2D eigenvalue weighted by atomic mass is 10.2. The largest absolute Gasteiger partial charge is 0.497 e. The zero-order chi connectivity index (χ0) is 18.4. The molecule has 2 aromatic carbocycles. The molecule has 2 N–H and O–H groups in total. The second-order valence-corrected chi connectivity index (χ2v) is 7.52. The molecule has 0 spiro atoms. The summed E-state index contributed by atoms with van der Waals surface area (Å²) in [5.74, 6) is 1.44. The van der Waals surface area contributed by atoms with Crippen molar-refractivity contribution in [1.82, 2.24) is 10.2 Å². The van der Waals surface area contributed by atoms with E-state index in [1.54, 1.807) is 43.1 Å². The number of aromatic nitrogens is 2. The molecule has 1 aromatic heterocycles. The quantitative estimate of drug-likeness (QED) is 0.596. The van der Waals surface area contributed by atoms with E-state index in [0.717, 1.165) is 10.8 Å². The van der Waals surface area contributed by atoms with Crippen LogP contribution in [0.4, 0.5) is 15.6 Å². The minimum Gasteiger partial charge on any atom is -0.497 e. The molecule has 0 aliphatic heterocycles. The lowest BCUT2D eigenvalue weighted by Gasteiger charge is -2.05. The first-order chi connectivity index (χ1) is 12.6. The summed E-state index contributed by atoms with van der Waals surface area (Å²) in [5, 5.41) is 14.9.